The van der Waals surface area contributed by atoms with E-state index >= 15 is 0 Å². The van der Waals surface area contributed by atoms with E-state index in [1.165, 1.54) is 6.07 Å². The van der Waals surface area contributed by atoms with Gasteiger partial charge in [0.25, 0.3) is 0 Å². The van der Waals surface area contributed by atoms with Crippen molar-refractivity contribution in [3.63, 3.8) is 0 Å². The van der Waals surface area contributed by atoms with Crippen molar-refractivity contribution in [1.82, 2.24) is 4.98 Å². The summed E-state index contributed by atoms with van der Waals surface area (Å²) in [6.45, 7) is 1.08. The van der Waals surface area contributed by atoms with Gasteiger partial charge >= 0.3 is 0 Å². The van der Waals surface area contributed by atoms with Gasteiger partial charge in [0, 0.05) is 20.1 Å². The number of methoxy groups -OCH3 is 1. The van der Waals surface area contributed by atoms with E-state index in [4.69, 9.17) is 38.5 Å². The lowest BCUT2D eigenvalue weighted by Crippen LogP contribution is -2.10. The molecule has 0 unspecified atom stereocenters. The average Bonchev–Trinajstić information content (AvgIpc) is 2.27. The summed E-state index contributed by atoms with van der Waals surface area (Å²) in [6.07, 6.45) is 0.753. The van der Waals surface area contributed by atoms with E-state index in [2.05, 4.69) is 10.4 Å². The van der Waals surface area contributed by atoms with Gasteiger partial charge in [-0.2, -0.15) is 4.98 Å². The molecular weight excluding hydrogens is 253 g/mol. The molecule has 3 N–H and O–H groups in total. The van der Waals surface area contributed by atoms with Crippen LogP contribution in [-0.4, -0.2) is 25.3 Å². The molecule has 0 fully saturated rings. The molecule has 0 aliphatic carbocycles. The summed E-state index contributed by atoms with van der Waals surface area (Å²) in [4.78, 5) is 4.02. The lowest BCUT2D eigenvalue weighted by molar-refractivity contribution is 0.170. The van der Waals surface area contributed by atoms with E-state index in [0.29, 0.717) is 35.0 Å². The van der Waals surface area contributed by atoms with Crippen molar-refractivity contribution in [2.24, 2.45) is 5.84 Å². The minimum atomic E-state index is 0.301. The predicted octanol–water partition coefficient (Wildman–Crippen LogP) is 2.09. The first-order chi connectivity index (χ1) is 7.69. The second-order valence-electron chi connectivity index (χ2n) is 2.94. The van der Waals surface area contributed by atoms with E-state index < -0.39 is 0 Å². The summed E-state index contributed by atoms with van der Waals surface area (Å²) in [5.74, 6) is 5.86. The van der Waals surface area contributed by atoms with Crippen molar-refractivity contribution >= 4 is 29.0 Å². The van der Waals surface area contributed by atoms with Crippen molar-refractivity contribution in [3.8, 4) is 5.88 Å². The zero-order valence-corrected chi connectivity index (χ0v) is 10.3. The van der Waals surface area contributed by atoms with Gasteiger partial charge in [0.05, 0.1) is 11.6 Å². The van der Waals surface area contributed by atoms with Crippen LogP contribution < -0.4 is 16.0 Å². The van der Waals surface area contributed by atoms with Crippen LogP contribution in [0.4, 0.5) is 5.82 Å². The Morgan fingerprint density at radius 1 is 1.38 bits per heavy atom. The maximum atomic E-state index is 5.90. The topological polar surface area (TPSA) is 69.4 Å². The molecule has 0 amide bonds. The molecule has 1 aromatic rings. The van der Waals surface area contributed by atoms with Crippen molar-refractivity contribution in [3.05, 3.63) is 16.1 Å². The largest absolute Gasteiger partial charge is 0.476 e. The molecular formula is C9H13Cl2N3O2. The standard InChI is InChI=1S/C9H13Cl2N3O2/c1-15-3-2-4-16-9-7(11)5-6(10)8(13-9)14-12/h5H,2-4,12H2,1H3,(H,13,14). The van der Waals surface area contributed by atoms with Crippen LogP contribution >= 0.6 is 23.2 Å². The number of nitrogens with two attached hydrogens (primary N) is 1. The zero-order valence-electron chi connectivity index (χ0n) is 8.80. The van der Waals surface area contributed by atoms with Crippen molar-refractivity contribution < 1.29 is 9.47 Å². The molecule has 0 aromatic carbocycles. The van der Waals surface area contributed by atoms with Gasteiger partial charge in [-0.05, 0) is 6.07 Å². The predicted molar refractivity (Wildman–Crippen MR) is 64.1 cm³/mol. The number of nitrogen functional groups attached to an aromatic ring is 1. The van der Waals surface area contributed by atoms with Crippen LogP contribution in [0.25, 0.3) is 0 Å². The molecule has 0 spiro atoms. The summed E-state index contributed by atoms with van der Waals surface area (Å²) in [5, 5.41) is 0.693. The average molecular weight is 266 g/mol. The molecule has 1 aromatic heterocycles. The monoisotopic (exact) mass is 265 g/mol. The Morgan fingerprint density at radius 2 is 2.12 bits per heavy atom. The maximum Gasteiger partial charge on any atom is 0.234 e. The number of hydrogen-bond acceptors (Lipinski definition) is 5. The highest BCUT2D eigenvalue weighted by Crippen LogP contribution is 2.30. The van der Waals surface area contributed by atoms with E-state index in [0.717, 1.165) is 6.42 Å². The number of hydrazine groups is 1. The molecule has 90 valence electrons. The number of nitrogens with zero attached hydrogens (tertiary/aromatic N) is 1. The van der Waals surface area contributed by atoms with Gasteiger partial charge in [-0.15, -0.1) is 0 Å². The summed E-state index contributed by atoms with van der Waals surface area (Å²) in [7, 11) is 1.63. The van der Waals surface area contributed by atoms with Gasteiger partial charge in [-0.1, -0.05) is 23.2 Å². The van der Waals surface area contributed by atoms with Crippen molar-refractivity contribution in [2.75, 3.05) is 25.7 Å². The van der Waals surface area contributed by atoms with Crippen LogP contribution in [0.1, 0.15) is 6.42 Å². The molecule has 16 heavy (non-hydrogen) atoms. The first-order valence-corrected chi connectivity index (χ1v) is 5.39. The first kappa shape index (κ1) is 13.3. The number of pyridine rings is 1. The number of rotatable bonds is 6. The Morgan fingerprint density at radius 3 is 2.75 bits per heavy atom. The second kappa shape index (κ2) is 6.75. The second-order valence-corrected chi connectivity index (χ2v) is 3.76. The Hall–Kier alpha value is -0.750. The molecule has 0 aliphatic heterocycles. The Balaban J connectivity index is 2.64. The molecule has 0 saturated heterocycles. The highest BCUT2D eigenvalue weighted by molar-refractivity contribution is 6.36. The third-order valence-corrected chi connectivity index (χ3v) is 2.32. The minimum absolute atomic E-state index is 0.301. The van der Waals surface area contributed by atoms with Crippen LogP contribution in [0.3, 0.4) is 0 Å². The summed E-state index contributed by atoms with van der Waals surface area (Å²) in [5.41, 5.74) is 2.36. The zero-order chi connectivity index (χ0) is 12.0. The summed E-state index contributed by atoms with van der Waals surface area (Å²) in [6, 6.07) is 1.52. The normalized spacial score (nSPS) is 10.2. The third-order valence-electron chi connectivity index (χ3n) is 1.77. The van der Waals surface area contributed by atoms with E-state index in [1.54, 1.807) is 7.11 Å². The van der Waals surface area contributed by atoms with E-state index in [1.807, 2.05) is 0 Å². The first-order valence-electron chi connectivity index (χ1n) is 4.63. The van der Waals surface area contributed by atoms with Crippen LogP contribution in [0.5, 0.6) is 5.88 Å². The molecule has 5 nitrogen and oxygen atoms in total. The molecule has 1 heterocycles. The Bertz CT molecular complexity index is 350. The van der Waals surface area contributed by atoms with Crippen LogP contribution in [0.2, 0.25) is 10.0 Å². The quantitative estimate of drug-likeness (QED) is 0.468. The third kappa shape index (κ3) is 3.68. The number of halogens is 2. The molecule has 0 saturated carbocycles. The summed E-state index contributed by atoms with van der Waals surface area (Å²) >= 11 is 11.7. The van der Waals surface area contributed by atoms with Gasteiger partial charge in [0.1, 0.15) is 5.02 Å². The number of aromatic nitrogens is 1. The molecule has 0 aliphatic rings. The van der Waals surface area contributed by atoms with Crippen LogP contribution in [-0.2, 0) is 4.74 Å². The number of nitrogens with one attached hydrogen (secondary N) is 1. The van der Waals surface area contributed by atoms with Crippen molar-refractivity contribution in [1.29, 1.82) is 0 Å². The summed E-state index contributed by atoms with van der Waals surface area (Å²) < 4.78 is 10.2. The van der Waals surface area contributed by atoms with Gasteiger partial charge in [0.15, 0.2) is 5.82 Å². The lowest BCUT2D eigenvalue weighted by atomic mass is 10.4. The van der Waals surface area contributed by atoms with Gasteiger partial charge in [0.2, 0.25) is 5.88 Å². The molecule has 0 bridgehead atoms. The molecule has 0 atom stereocenters. The minimum Gasteiger partial charge on any atom is -0.476 e. The fraction of sp³-hybridized carbons (Fsp3) is 0.444. The van der Waals surface area contributed by atoms with E-state index in [9.17, 15) is 0 Å². The van der Waals surface area contributed by atoms with E-state index in [-0.39, 0.29) is 0 Å². The van der Waals surface area contributed by atoms with Gasteiger partial charge in [-0.25, -0.2) is 5.84 Å². The SMILES string of the molecule is COCCCOc1nc(NN)c(Cl)cc1Cl. The smallest absolute Gasteiger partial charge is 0.234 e. The lowest BCUT2D eigenvalue weighted by Gasteiger charge is -2.09. The molecule has 1 rings (SSSR count). The van der Waals surface area contributed by atoms with Gasteiger partial charge < -0.3 is 14.9 Å². The van der Waals surface area contributed by atoms with Crippen LogP contribution in [0.15, 0.2) is 6.07 Å². The Labute approximate surface area is 104 Å². The highest BCUT2D eigenvalue weighted by Gasteiger charge is 2.09. The van der Waals surface area contributed by atoms with Gasteiger partial charge in [-0.3, -0.25) is 0 Å². The van der Waals surface area contributed by atoms with Crippen LogP contribution in [0, 0.1) is 0 Å². The maximum absolute atomic E-state index is 5.90. The number of anilines is 1. The fourth-order valence-electron chi connectivity index (χ4n) is 1.02. The van der Waals surface area contributed by atoms with Crippen molar-refractivity contribution in [2.45, 2.75) is 6.42 Å². The Kier molecular flexibility index (Phi) is 5.62. The molecule has 0 radical (unpaired) electrons. The number of hydrogen-bond donors (Lipinski definition) is 2. The fourth-order valence-corrected chi connectivity index (χ4v) is 1.49. The number of ether oxygens (including phenoxy) is 2. The molecule has 7 heteroatoms. The highest BCUT2D eigenvalue weighted by atomic mass is 35.5.